The molecular weight excluding hydrogens is 335 g/mol. The largest absolute Gasteiger partial charge is 0.486 e. The predicted octanol–water partition coefficient (Wildman–Crippen LogP) is 3.13. The summed E-state index contributed by atoms with van der Waals surface area (Å²) in [5.41, 5.74) is -0.828. The van der Waals surface area contributed by atoms with Crippen LogP contribution in [0.5, 0.6) is 5.75 Å². The second-order valence-corrected chi connectivity index (χ2v) is 6.91. The first-order valence-electron chi connectivity index (χ1n) is 6.42. The number of hydrogen-bond donors (Lipinski definition) is 0. The molecule has 0 unspecified atom stereocenters. The summed E-state index contributed by atoms with van der Waals surface area (Å²) < 4.78 is 72.8. The van der Waals surface area contributed by atoms with E-state index < -0.39 is 21.8 Å². The minimum Gasteiger partial charge on any atom is -0.486 e. The molecule has 5 nitrogen and oxygen atoms in total. The second kappa shape index (κ2) is 6.25. The molecule has 0 aliphatic heterocycles. The Bertz CT molecular complexity index is 781. The van der Waals surface area contributed by atoms with Crippen molar-refractivity contribution >= 4 is 10.0 Å². The summed E-state index contributed by atoms with van der Waals surface area (Å²) in [4.78, 5) is 0. The van der Waals surface area contributed by atoms with E-state index in [0.717, 1.165) is 16.4 Å². The van der Waals surface area contributed by atoms with Gasteiger partial charge in [0, 0.05) is 14.1 Å². The molecular formula is C14H14F3NO4S. The highest BCUT2D eigenvalue weighted by Crippen LogP contribution is 2.31. The maximum atomic E-state index is 12.6. The number of sulfonamides is 1. The van der Waals surface area contributed by atoms with Crippen LogP contribution in [0.15, 0.2) is 45.9 Å². The van der Waals surface area contributed by atoms with Crippen LogP contribution in [0.25, 0.3) is 0 Å². The number of rotatable bonds is 5. The first-order chi connectivity index (χ1) is 10.6. The predicted molar refractivity (Wildman–Crippen MR) is 75.4 cm³/mol. The Labute approximate surface area is 131 Å². The zero-order valence-corrected chi connectivity index (χ0v) is 13.1. The molecule has 0 fully saturated rings. The van der Waals surface area contributed by atoms with Gasteiger partial charge in [0.15, 0.2) is 0 Å². The van der Waals surface area contributed by atoms with Crippen molar-refractivity contribution in [2.75, 3.05) is 14.1 Å². The monoisotopic (exact) mass is 349 g/mol. The molecule has 23 heavy (non-hydrogen) atoms. The lowest BCUT2D eigenvalue weighted by molar-refractivity contribution is -0.137. The molecule has 1 aromatic heterocycles. The first kappa shape index (κ1) is 17.4. The molecule has 9 heteroatoms. The smallest absolute Gasteiger partial charge is 0.416 e. The van der Waals surface area contributed by atoms with Crippen LogP contribution >= 0.6 is 0 Å². The molecule has 0 saturated carbocycles. The van der Waals surface area contributed by atoms with Gasteiger partial charge in [-0.05, 0) is 30.3 Å². The lowest BCUT2D eigenvalue weighted by Crippen LogP contribution is -2.21. The van der Waals surface area contributed by atoms with Crippen LogP contribution in [-0.4, -0.2) is 26.8 Å². The fraction of sp³-hybridized carbons (Fsp3) is 0.286. The van der Waals surface area contributed by atoms with Crippen LogP contribution in [-0.2, 0) is 22.8 Å². The Hall–Kier alpha value is -2.00. The molecule has 1 aromatic carbocycles. The summed E-state index contributed by atoms with van der Waals surface area (Å²) >= 11 is 0. The van der Waals surface area contributed by atoms with Gasteiger partial charge in [-0.3, -0.25) is 0 Å². The summed E-state index contributed by atoms with van der Waals surface area (Å²) in [7, 11) is -0.987. The van der Waals surface area contributed by atoms with Crippen LogP contribution in [0.4, 0.5) is 13.2 Å². The fourth-order valence-electron chi connectivity index (χ4n) is 1.67. The van der Waals surface area contributed by atoms with Crippen molar-refractivity contribution in [1.82, 2.24) is 4.31 Å². The Morgan fingerprint density at radius 1 is 1.17 bits per heavy atom. The van der Waals surface area contributed by atoms with Crippen molar-refractivity contribution in [2.45, 2.75) is 17.9 Å². The summed E-state index contributed by atoms with van der Waals surface area (Å²) in [6.07, 6.45) is -4.46. The Morgan fingerprint density at radius 3 is 2.48 bits per heavy atom. The molecule has 2 rings (SSSR count). The van der Waals surface area contributed by atoms with E-state index in [1.807, 2.05) is 0 Å². The van der Waals surface area contributed by atoms with E-state index >= 15 is 0 Å². The van der Waals surface area contributed by atoms with Crippen LogP contribution < -0.4 is 4.74 Å². The molecule has 126 valence electrons. The van der Waals surface area contributed by atoms with Crippen molar-refractivity contribution < 1.29 is 30.7 Å². The Morgan fingerprint density at radius 2 is 1.87 bits per heavy atom. The normalized spacial score (nSPS) is 12.6. The highest BCUT2D eigenvalue weighted by atomic mass is 32.2. The number of furan rings is 1. The summed E-state index contributed by atoms with van der Waals surface area (Å²) in [6, 6.07) is 7.05. The van der Waals surface area contributed by atoms with Gasteiger partial charge in [-0.1, -0.05) is 6.07 Å². The molecule has 0 spiro atoms. The number of alkyl halides is 3. The molecule has 0 amide bonds. The zero-order chi connectivity index (χ0) is 17.3. The van der Waals surface area contributed by atoms with Gasteiger partial charge < -0.3 is 9.15 Å². The van der Waals surface area contributed by atoms with Gasteiger partial charge in [-0.25, -0.2) is 12.7 Å². The number of benzene rings is 1. The Kier molecular flexibility index (Phi) is 4.71. The summed E-state index contributed by atoms with van der Waals surface area (Å²) in [6.45, 7) is -0.190. The van der Waals surface area contributed by atoms with E-state index in [4.69, 9.17) is 9.15 Å². The molecule has 0 aliphatic carbocycles. The van der Waals surface area contributed by atoms with E-state index in [2.05, 4.69) is 0 Å². The molecule has 0 aliphatic rings. The molecule has 0 atom stereocenters. The third-order valence-corrected chi connectivity index (χ3v) is 4.60. The molecule has 0 saturated heterocycles. The number of hydrogen-bond acceptors (Lipinski definition) is 4. The average molecular weight is 349 g/mol. The van der Waals surface area contributed by atoms with Crippen LogP contribution in [0.2, 0.25) is 0 Å². The van der Waals surface area contributed by atoms with Crippen molar-refractivity contribution in [3.05, 3.63) is 47.7 Å². The van der Waals surface area contributed by atoms with E-state index in [1.165, 1.54) is 38.4 Å². The van der Waals surface area contributed by atoms with Gasteiger partial charge in [0.1, 0.15) is 18.1 Å². The van der Waals surface area contributed by atoms with Crippen LogP contribution in [0.1, 0.15) is 11.3 Å². The maximum absolute atomic E-state index is 12.6. The molecule has 2 aromatic rings. The number of ether oxygens (including phenoxy) is 1. The molecule has 1 heterocycles. The Balaban J connectivity index is 2.10. The van der Waals surface area contributed by atoms with Gasteiger partial charge in [0.05, 0.1) is 5.56 Å². The SMILES string of the molecule is CN(C)S(=O)(=O)c1ccc(COc2cccc(C(F)(F)F)c2)o1. The van der Waals surface area contributed by atoms with Crippen molar-refractivity contribution in [3.8, 4) is 5.75 Å². The summed E-state index contributed by atoms with van der Waals surface area (Å²) in [5, 5.41) is -0.259. The lowest BCUT2D eigenvalue weighted by Gasteiger charge is -2.09. The zero-order valence-electron chi connectivity index (χ0n) is 12.3. The lowest BCUT2D eigenvalue weighted by atomic mass is 10.2. The second-order valence-electron chi connectivity index (χ2n) is 4.82. The molecule has 0 radical (unpaired) electrons. The molecule has 0 bridgehead atoms. The van der Waals surface area contributed by atoms with E-state index in [1.54, 1.807) is 0 Å². The van der Waals surface area contributed by atoms with Crippen molar-refractivity contribution in [1.29, 1.82) is 0 Å². The van der Waals surface area contributed by atoms with Crippen LogP contribution in [0, 0.1) is 0 Å². The van der Waals surface area contributed by atoms with Gasteiger partial charge in [0.2, 0.25) is 5.09 Å². The topological polar surface area (TPSA) is 59.8 Å². The summed E-state index contributed by atoms with van der Waals surface area (Å²) in [5.74, 6) is 0.191. The van der Waals surface area contributed by atoms with Crippen molar-refractivity contribution in [2.24, 2.45) is 0 Å². The molecule has 0 N–H and O–H groups in total. The van der Waals surface area contributed by atoms with Gasteiger partial charge in [-0.2, -0.15) is 13.2 Å². The third kappa shape index (κ3) is 4.05. The highest BCUT2D eigenvalue weighted by molar-refractivity contribution is 7.88. The van der Waals surface area contributed by atoms with E-state index in [9.17, 15) is 21.6 Å². The van der Waals surface area contributed by atoms with Crippen LogP contribution in [0.3, 0.4) is 0 Å². The third-order valence-electron chi connectivity index (χ3n) is 2.91. The van der Waals surface area contributed by atoms with Gasteiger partial charge in [0.25, 0.3) is 10.0 Å². The van der Waals surface area contributed by atoms with Gasteiger partial charge in [-0.15, -0.1) is 0 Å². The maximum Gasteiger partial charge on any atom is 0.416 e. The quantitative estimate of drug-likeness (QED) is 0.832. The first-order valence-corrected chi connectivity index (χ1v) is 7.86. The minimum absolute atomic E-state index is 0.00763. The van der Waals surface area contributed by atoms with Crippen molar-refractivity contribution in [3.63, 3.8) is 0 Å². The minimum atomic E-state index is -4.46. The number of nitrogens with zero attached hydrogens (tertiary/aromatic N) is 1. The fourth-order valence-corrected chi connectivity index (χ4v) is 2.48. The van der Waals surface area contributed by atoms with Gasteiger partial charge >= 0.3 is 6.18 Å². The van der Waals surface area contributed by atoms with E-state index in [-0.39, 0.29) is 23.2 Å². The number of halogens is 3. The standard InChI is InChI=1S/C14H14F3NO4S/c1-18(2)23(19,20)13-7-6-12(22-13)9-21-11-5-3-4-10(8-11)14(15,16)17/h3-8H,9H2,1-2H3. The highest BCUT2D eigenvalue weighted by Gasteiger charge is 2.30. The average Bonchev–Trinajstić information content (AvgIpc) is 2.94. The van der Waals surface area contributed by atoms with E-state index in [0.29, 0.717) is 0 Å².